The first-order chi connectivity index (χ1) is 7.24. The Hall–Kier alpha value is -0.860. The van der Waals surface area contributed by atoms with E-state index in [2.05, 4.69) is 48.5 Å². The van der Waals surface area contributed by atoms with Crippen LogP contribution in [0.4, 0.5) is 0 Å². The van der Waals surface area contributed by atoms with E-state index in [1.165, 1.54) is 17.7 Å². The van der Waals surface area contributed by atoms with Gasteiger partial charge in [0.2, 0.25) is 0 Å². The number of nitrogens with zero attached hydrogens (tertiary/aromatic N) is 1. The molecule has 0 aromatic heterocycles. The van der Waals surface area contributed by atoms with E-state index in [1.807, 2.05) is 0 Å². The molecule has 2 rings (SSSR count). The van der Waals surface area contributed by atoms with Crippen molar-refractivity contribution in [2.45, 2.75) is 19.4 Å². The van der Waals surface area contributed by atoms with Crippen molar-refractivity contribution in [1.82, 2.24) is 10.2 Å². The van der Waals surface area contributed by atoms with Gasteiger partial charge in [-0.1, -0.05) is 29.8 Å². The molecule has 1 aliphatic heterocycles. The lowest BCUT2D eigenvalue weighted by atomic mass is 10.0. The summed E-state index contributed by atoms with van der Waals surface area (Å²) in [4.78, 5) is 2.40. The number of aryl methyl sites for hydroxylation is 1. The Morgan fingerprint density at radius 2 is 2.33 bits per heavy atom. The van der Waals surface area contributed by atoms with Crippen LogP contribution in [0.3, 0.4) is 0 Å². The van der Waals surface area contributed by atoms with Gasteiger partial charge in [0.1, 0.15) is 0 Å². The van der Waals surface area contributed by atoms with Crippen molar-refractivity contribution in [2.75, 3.05) is 26.7 Å². The molecular weight excluding hydrogens is 184 g/mol. The van der Waals surface area contributed by atoms with Crippen LogP contribution in [0, 0.1) is 6.92 Å². The molecule has 15 heavy (non-hydrogen) atoms. The van der Waals surface area contributed by atoms with E-state index in [4.69, 9.17) is 0 Å². The van der Waals surface area contributed by atoms with Gasteiger partial charge < -0.3 is 10.2 Å². The summed E-state index contributed by atoms with van der Waals surface area (Å²) >= 11 is 0. The molecule has 1 atom stereocenters. The minimum Gasteiger partial charge on any atom is -0.311 e. The quantitative estimate of drug-likeness (QED) is 0.784. The molecule has 82 valence electrons. The van der Waals surface area contributed by atoms with Gasteiger partial charge in [-0.15, -0.1) is 0 Å². The molecule has 0 aliphatic carbocycles. The SMILES string of the molecule is Cc1cccc(CC2CN(C)CCN2)c1. The van der Waals surface area contributed by atoms with Crippen molar-refractivity contribution in [1.29, 1.82) is 0 Å². The first-order valence-electron chi connectivity index (χ1n) is 5.71. The average molecular weight is 204 g/mol. The van der Waals surface area contributed by atoms with Crippen molar-refractivity contribution in [3.8, 4) is 0 Å². The number of piperazine rings is 1. The second-order valence-electron chi connectivity index (χ2n) is 4.61. The summed E-state index contributed by atoms with van der Waals surface area (Å²) in [5.74, 6) is 0. The lowest BCUT2D eigenvalue weighted by molar-refractivity contribution is 0.238. The molecule has 1 heterocycles. The van der Waals surface area contributed by atoms with Crippen molar-refractivity contribution < 1.29 is 0 Å². The fraction of sp³-hybridized carbons (Fsp3) is 0.538. The largest absolute Gasteiger partial charge is 0.311 e. The zero-order valence-electron chi connectivity index (χ0n) is 9.66. The number of hydrogen-bond acceptors (Lipinski definition) is 2. The summed E-state index contributed by atoms with van der Waals surface area (Å²) in [7, 11) is 2.20. The van der Waals surface area contributed by atoms with Crippen LogP contribution in [0.2, 0.25) is 0 Å². The Labute approximate surface area is 92.3 Å². The highest BCUT2D eigenvalue weighted by atomic mass is 15.2. The Bertz CT molecular complexity index is 322. The molecule has 1 aromatic carbocycles. The third kappa shape index (κ3) is 3.05. The Kier molecular flexibility index (Phi) is 3.39. The molecule has 1 aliphatic rings. The van der Waals surface area contributed by atoms with E-state index < -0.39 is 0 Å². The second-order valence-corrected chi connectivity index (χ2v) is 4.61. The van der Waals surface area contributed by atoms with Crippen LogP contribution >= 0.6 is 0 Å². The Morgan fingerprint density at radius 3 is 3.07 bits per heavy atom. The first-order valence-corrected chi connectivity index (χ1v) is 5.71. The summed E-state index contributed by atoms with van der Waals surface area (Å²) in [6, 6.07) is 9.44. The topological polar surface area (TPSA) is 15.3 Å². The van der Waals surface area contributed by atoms with E-state index in [1.54, 1.807) is 0 Å². The lowest BCUT2D eigenvalue weighted by Crippen LogP contribution is -2.49. The number of hydrogen-bond donors (Lipinski definition) is 1. The van der Waals surface area contributed by atoms with Gasteiger partial charge in [0, 0.05) is 25.7 Å². The van der Waals surface area contributed by atoms with E-state index >= 15 is 0 Å². The van der Waals surface area contributed by atoms with Crippen molar-refractivity contribution in [3.63, 3.8) is 0 Å². The van der Waals surface area contributed by atoms with Crippen LogP contribution in [0.1, 0.15) is 11.1 Å². The number of likely N-dealkylation sites (N-methyl/N-ethyl adjacent to an activating group) is 1. The van der Waals surface area contributed by atoms with Gasteiger partial charge in [-0.2, -0.15) is 0 Å². The Balaban J connectivity index is 1.96. The molecular formula is C13H20N2. The molecule has 2 heteroatoms. The number of nitrogens with one attached hydrogen (secondary N) is 1. The highest BCUT2D eigenvalue weighted by molar-refractivity contribution is 5.23. The van der Waals surface area contributed by atoms with Crippen LogP contribution in [0.15, 0.2) is 24.3 Å². The molecule has 0 amide bonds. The molecule has 1 aromatic rings. The standard InChI is InChI=1S/C13H20N2/c1-11-4-3-5-12(8-11)9-13-10-15(2)7-6-14-13/h3-5,8,13-14H,6-7,9-10H2,1-2H3. The third-order valence-corrected chi connectivity index (χ3v) is 3.02. The van der Waals surface area contributed by atoms with Crippen molar-refractivity contribution in [2.24, 2.45) is 0 Å². The van der Waals surface area contributed by atoms with Crippen LogP contribution < -0.4 is 5.32 Å². The normalized spacial score (nSPS) is 22.9. The fourth-order valence-corrected chi connectivity index (χ4v) is 2.25. The Morgan fingerprint density at radius 1 is 1.47 bits per heavy atom. The van der Waals surface area contributed by atoms with Crippen molar-refractivity contribution in [3.05, 3.63) is 35.4 Å². The average Bonchev–Trinajstić information content (AvgIpc) is 2.17. The predicted octanol–water partition coefficient (Wildman–Crippen LogP) is 1.44. The summed E-state index contributed by atoms with van der Waals surface area (Å²) < 4.78 is 0. The van der Waals surface area contributed by atoms with Crippen LogP contribution in [0.5, 0.6) is 0 Å². The van der Waals surface area contributed by atoms with Crippen LogP contribution in [-0.4, -0.2) is 37.6 Å². The van der Waals surface area contributed by atoms with E-state index in [0.29, 0.717) is 6.04 Å². The molecule has 0 spiro atoms. The maximum absolute atomic E-state index is 3.58. The third-order valence-electron chi connectivity index (χ3n) is 3.02. The van der Waals surface area contributed by atoms with Gasteiger partial charge in [0.05, 0.1) is 0 Å². The summed E-state index contributed by atoms with van der Waals surface area (Å²) in [5, 5.41) is 3.58. The zero-order chi connectivity index (χ0) is 10.7. The van der Waals surface area contributed by atoms with Gasteiger partial charge in [-0.05, 0) is 26.0 Å². The van der Waals surface area contributed by atoms with Crippen LogP contribution in [0.25, 0.3) is 0 Å². The fourth-order valence-electron chi connectivity index (χ4n) is 2.25. The maximum atomic E-state index is 3.58. The summed E-state index contributed by atoms with van der Waals surface area (Å²) in [5.41, 5.74) is 2.81. The predicted molar refractivity (Wildman–Crippen MR) is 64.2 cm³/mol. The van der Waals surface area contributed by atoms with Crippen molar-refractivity contribution >= 4 is 0 Å². The molecule has 1 unspecified atom stereocenters. The molecule has 2 nitrogen and oxygen atoms in total. The molecule has 1 N–H and O–H groups in total. The number of rotatable bonds is 2. The second kappa shape index (κ2) is 4.77. The van der Waals surface area contributed by atoms with Gasteiger partial charge in [-0.3, -0.25) is 0 Å². The lowest BCUT2D eigenvalue weighted by Gasteiger charge is -2.31. The minimum atomic E-state index is 0.616. The molecule has 0 saturated carbocycles. The molecule has 1 fully saturated rings. The van der Waals surface area contributed by atoms with E-state index in [-0.39, 0.29) is 0 Å². The summed E-state index contributed by atoms with van der Waals surface area (Å²) in [6.07, 6.45) is 1.14. The maximum Gasteiger partial charge on any atom is 0.0235 e. The monoisotopic (exact) mass is 204 g/mol. The van der Waals surface area contributed by atoms with Gasteiger partial charge >= 0.3 is 0 Å². The molecule has 0 bridgehead atoms. The van der Waals surface area contributed by atoms with E-state index in [0.717, 1.165) is 19.5 Å². The van der Waals surface area contributed by atoms with Gasteiger partial charge in [0.25, 0.3) is 0 Å². The smallest absolute Gasteiger partial charge is 0.0235 e. The van der Waals surface area contributed by atoms with Gasteiger partial charge in [-0.25, -0.2) is 0 Å². The molecule has 0 radical (unpaired) electrons. The van der Waals surface area contributed by atoms with Crippen LogP contribution in [-0.2, 0) is 6.42 Å². The van der Waals surface area contributed by atoms with Gasteiger partial charge in [0.15, 0.2) is 0 Å². The molecule has 1 saturated heterocycles. The zero-order valence-corrected chi connectivity index (χ0v) is 9.66. The highest BCUT2D eigenvalue weighted by Gasteiger charge is 2.16. The highest BCUT2D eigenvalue weighted by Crippen LogP contribution is 2.08. The number of benzene rings is 1. The first kappa shape index (κ1) is 10.7. The minimum absolute atomic E-state index is 0.616. The van der Waals surface area contributed by atoms with E-state index in [9.17, 15) is 0 Å². The summed E-state index contributed by atoms with van der Waals surface area (Å²) in [6.45, 7) is 5.61.